The van der Waals surface area contributed by atoms with E-state index in [0.29, 0.717) is 5.59 Å². The molecule has 0 N–H and O–H groups in total. The molecule has 5 radical (unpaired) electrons. The van der Waals surface area contributed by atoms with E-state index in [1.165, 1.54) is 0 Å². The standard InChI is InChI=1S/C12H10B3N2/c1-7-3-9(5-12(13)17-7)11-6-10(15-14)4-8(2)16-11/h3-6H,1-2H3. The van der Waals surface area contributed by atoms with Crippen LogP contribution >= 0.6 is 0 Å². The summed E-state index contributed by atoms with van der Waals surface area (Å²) in [7, 11) is 12.8. The normalized spacial score (nSPS) is 10.2. The molecule has 77 valence electrons. The number of hydrogen-bond donors (Lipinski definition) is 0. The lowest BCUT2D eigenvalue weighted by molar-refractivity contribution is 1.19. The van der Waals surface area contributed by atoms with Crippen LogP contribution in [-0.4, -0.2) is 32.7 Å². The van der Waals surface area contributed by atoms with Crippen molar-refractivity contribution >= 4 is 33.8 Å². The smallest absolute Gasteiger partial charge is 0.141 e. The van der Waals surface area contributed by atoms with Crippen LogP contribution in [0.2, 0.25) is 0 Å². The summed E-state index contributed by atoms with van der Waals surface area (Å²) >= 11 is 0. The van der Waals surface area contributed by atoms with Gasteiger partial charge in [0.15, 0.2) is 0 Å². The van der Waals surface area contributed by atoms with Crippen LogP contribution in [0.15, 0.2) is 24.3 Å². The van der Waals surface area contributed by atoms with Crippen molar-refractivity contribution in [2.75, 3.05) is 0 Å². The van der Waals surface area contributed by atoms with E-state index >= 15 is 0 Å². The Bertz CT molecular complexity index is 535. The first-order valence-electron chi connectivity index (χ1n) is 5.36. The van der Waals surface area contributed by atoms with E-state index in [0.717, 1.165) is 28.1 Å². The van der Waals surface area contributed by atoms with Crippen LogP contribution in [0.5, 0.6) is 0 Å². The van der Waals surface area contributed by atoms with Gasteiger partial charge in [-0.2, -0.15) is 0 Å². The fourth-order valence-electron chi connectivity index (χ4n) is 1.78. The first-order chi connectivity index (χ1) is 8.08. The fourth-order valence-corrected chi connectivity index (χ4v) is 1.78. The Kier molecular flexibility index (Phi) is 3.37. The molecule has 2 aromatic rings. The summed E-state index contributed by atoms with van der Waals surface area (Å²) in [5.41, 5.74) is 5.07. The molecule has 0 aromatic carbocycles. The van der Waals surface area contributed by atoms with Crippen molar-refractivity contribution in [3.8, 4) is 11.3 Å². The topological polar surface area (TPSA) is 25.8 Å². The Morgan fingerprint density at radius 2 is 1.71 bits per heavy atom. The fraction of sp³-hybridized carbons (Fsp3) is 0.167. The monoisotopic (exact) mass is 215 g/mol. The molecule has 5 heteroatoms. The van der Waals surface area contributed by atoms with Gasteiger partial charge in [-0.15, -0.1) is 0 Å². The second-order valence-electron chi connectivity index (χ2n) is 4.02. The number of aryl methyl sites for hydroxylation is 2. The Morgan fingerprint density at radius 1 is 1.00 bits per heavy atom. The third kappa shape index (κ3) is 2.79. The molecule has 17 heavy (non-hydrogen) atoms. The van der Waals surface area contributed by atoms with Gasteiger partial charge < -0.3 is 0 Å². The van der Waals surface area contributed by atoms with Gasteiger partial charge >= 0.3 is 0 Å². The van der Waals surface area contributed by atoms with Crippen LogP contribution in [0.4, 0.5) is 0 Å². The summed E-state index contributed by atoms with van der Waals surface area (Å²) in [4.78, 5) is 8.62. The molecule has 0 saturated heterocycles. The summed E-state index contributed by atoms with van der Waals surface area (Å²) in [6, 6.07) is 7.63. The van der Waals surface area contributed by atoms with Crippen molar-refractivity contribution in [2.45, 2.75) is 13.8 Å². The molecule has 0 spiro atoms. The molecular formula is C12H10B3N2. The molecule has 0 saturated carbocycles. The van der Waals surface area contributed by atoms with Gasteiger partial charge in [0, 0.05) is 24.7 Å². The molecule has 2 rings (SSSR count). The van der Waals surface area contributed by atoms with E-state index in [1.807, 2.05) is 38.1 Å². The molecule has 0 unspecified atom stereocenters. The minimum atomic E-state index is 0.501. The third-order valence-electron chi connectivity index (χ3n) is 2.44. The molecule has 2 nitrogen and oxygen atoms in total. The molecule has 2 heterocycles. The molecule has 0 bridgehead atoms. The molecule has 2 aromatic heterocycles. The van der Waals surface area contributed by atoms with E-state index in [9.17, 15) is 0 Å². The predicted octanol–water partition coefficient (Wildman–Crippen LogP) is -0.0328. The van der Waals surface area contributed by atoms with Crippen molar-refractivity contribution in [1.29, 1.82) is 0 Å². The molecule has 0 atom stereocenters. The quantitative estimate of drug-likeness (QED) is 0.657. The van der Waals surface area contributed by atoms with Gasteiger partial charge in [0.1, 0.15) is 7.85 Å². The van der Waals surface area contributed by atoms with Crippen molar-refractivity contribution in [3.05, 3.63) is 35.7 Å². The average molecular weight is 215 g/mol. The van der Waals surface area contributed by atoms with E-state index in [-0.39, 0.29) is 0 Å². The van der Waals surface area contributed by atoms with Gasteiger partial charge in [0.05, 0.1) is 12.9 Å². The van der Waals surface area contributed by atoms with Crippen molar-refractivity contribution in [2.24, 2.45) is 0 Å². The zero-order valence-electron chi connectivity index (χ0n) is 9.94. The number of aromatic nitrogens is 2. The Hall–Kier alpha value is -1.51. The molecule has 0 amide bonds. The number of pyridine rings is 2. The summed E-state index contributed by atoms with van der Waals surface area (Å²) in [5.74, 6) is 0. The first-order valence-corrected chi connectivity index (χ1v) is 5.36. The molecular weight excluding hydrogens is 205 g/mol. The predicted molar refractivity (Wildman–Crippen MR) is 73.5 cm³/mol. The zero-order chi connectivity index (χ0) is 12.4. The molecule has 0 fully saturated rings. The molecule has 0 aliphatic heterocycles. The third-order valence-corrected chi connectivity index (χ3v) is 2.44. The summed E-state index contributed by atoms with van der Waals surface area (Å²) in [6.45, 7) is 3.85. The van der Waals surface area contributed by atoms with Crippen molar-refractivity contribution < 1.29 is 0 Å². The van der Waals surface area contributed by atoms with Gasteiger partial charge in [-0.3, -0.25) is 9.97 Å². The van der Waals surface area contributed by atoms with Crippen LogP contribution in [-0.2, 0) is 0 Å². The maximum absolute atomic E-state index is 5.73. The van der Waals surface area contributed by atoms with E-state index < -0.39 is 0 Å². The molecule has 0 aliphatic rings. The second kappa shape index (κ2) is 4.78. The van der Waals surface area contributed by atoms with Crippen molar-refractivity contribution in [1.82, 2.24) is 9.97 Å². The first kappa shape index (κ1) is 12.0. The summed E-state index contributed by atoms with van der Waals surface area (Å²) < 4.78 is 0. The van der Waals surface area contributed by atoms with Gasteiger partial charge in [-0.25, -0.2) is 0 Å². The molecule has 0 aliphatic carbocycles. The number of hydrogen-bond acceptors (Lipinski definition) is 2. The minimum absolute atomic E-state index is 0.501. The van der Waals surface area contributed by atoms with Gasteiger partial charge in [-0.1, -0.05) is 5.46 Å². The Labute approximate surface area is 105 Å². The lowest BCUT2D eigenvalue weighted by Crippen LogP contribution is -2.16. The minimum Gasteiger partial charge on any atom is -0.270 e. The van der Waals surface area contributed by atoms with Gasteiger partial charge in [0.25, 0.3) is 0 Å². The van der Waals surface area contributed by atoms with E-state index in [1.54, 1.807) is 7.17 Å². The Morgan fingerprint density at radius 3 is 2.35 bits per heavy atom. The summed E-state index contributed by atoms with van der Waals surface area (Å²) in [6.07, 6.45) is 0. The van der Waals surface area contributed by atoms with Gasteiger partial charge in [-0.05, 0) is 43.7 Å². The van der Waals surface area contributed by atoms with Crippen LogP contribution in [0.25, 0.3) is 11.3 Å². The largest absolute Gasteiger partial charge is 0.270 e. The highest BCUT2D eigenvalue weighted by molar-refractivity contribution is 6.97. The lowest BCUT2D eigenvalue weighted by Gasteiger charge is -2.07. The maximum atomic E-state index is 5.73. The maximum Gasteiger partial charge on any atom is 0.141 e. The average Bonchev–Trinajstić information content (AvgIpc) is 2.26. The highest BCUT2D eigenvalue weighted by atomic mass is 14.7. The van der Waals surface area contributed by atoms with Crippen LogP contribution in [0.3, 0.4) is 0 Å². The van der Waals surface area contributed by atoms with Crippen LogP contribution in [0, 0.1) is 13.8 Å². The highest BCUT2D eigenvalue weighted by Gasteiger charge is 2.04. The van der Waals surface area contributed by atoms with Crippen molar-refractivity contribution in [3.63, 3.8) is 0 Å². The van der Waals surface area contributed by atoms with E-state index in [2.05, 4.69) is 9.97 Å². The lowest BCUT2D eigenvalue weighted by atomic mass is 9.51. The summed E-state index contributed by atoms with van der Waals surface area (Å²) in [5, 5.41) is 0. The van der Waals surface area contributed by atoms with Crippen LogP contribution < -0.4 is 11.1 Å². The SMILES string of the molecule is [B][B]c1cc(C)nc(-c2cc([B])nc(C)c2)c1. The number of nitrogens with zero attached hydrogens (tertiary/aromatic N) is 2. The number of rotatable bonds is 2. The second-order valence-corrected chi connectivity index (χ2v) is 4.02. The van der Waals surface area contributed by atoms with E-state index in [4.69, 9.17) is 15.6 Å². The zero-order valence-corrected chi connectivity index (χ0v) is 9.94. The van der Waals surface area contributed by atoms with Crippen LogP contribution in [0.1, 0.15) is 11.4 Å². The highest BCUT2D eigenvalue weighted by Crippen LogP contribution is 2.15. The van der Waals surface area contributed by atoms with Gasteiger partial charge in [0.2, 0.25) is 0 Å². The Balaban J connectivity index is 2.55.